The zero-order valence-corrected chi connectivity index (χ0v) is 26.2. The van der Waals surface area contributed by atoms with Gasteiger partial charge in [0.1, 0.15) is 0 Å². The zero-order chi connectivity index (χ0) is 26.2. The number of hydrogen-bond donors (Lipinski definition) is 0. The summed E-state index contributed by atoms with van der Waals surface area (Å²) in [6.45, 7) is 7.05. The summed E-state index contributed by atoms with van der Waals surface area (Å²) in [5.74, 6) is 1.02. The molecule has 0 radical (unpaired) electrons. The molecule has 0 N–H and O–H groups in total. The van der Waals surface area contributed by atoms with Gasteiger partial charge in [0.25, 0.3) is 0 Å². The van der Waals surface area contributed by atoms with Crippen LogP contribution in [-0.4, -0.2) is 0 Å². The van der Waals surface area contributed by atoms with Crippen molar-refractivity contribution in [3.63, 3.8) is 0 Å². The van der Waals surface area contributed by atoms with Crippen LogP contribution in [0.15, 0.2) is 0 Å². The summed E-state index contributed by atoms with van der Waals surface area (Å²) >= 11 is 0. The van der Waals surface area contributed by atoms with E-state index in [2.05, 4.69) is 20.8 Å². The van der Waals surface area contributed by atoms with Crippen LogP contribution in [0.5, 0.6) is 0 Å². The highest BCUT2D eigenvalue weighted by molar-refractivity contribution is 4.59. The number of hydrogen-bond acceptors (Lipinski definition) is 0. The molecule has 0 spiro atoms. The summed E-state index contributed by atoms with van der Waals surface area (Å²) in [6.07, 6.45) is 47.3. The lowest BCUT2D eigenvalue weighted by atomic mass is 9.92. The Morgan fingerprint density at radius 1 is 0.250 bits per heavy atom. The van der Waals surface area contributed by atoms with E-state index >= 15 is 0 Å². The second kappa shape index (κ2) is 33.0. The molecule has 0 amide bonds. The van der Waals surface area contributed by atoms with Crippen LogP contribution < -0.4 is 0 Å². The molecule has 1 atom stereocenters. The Morgan fingerprint density at radius 2 is 0.444 bits per heavy atom. The van der Waals surface area contributed by atoms with E-state index in [1.54, 1.807) is 0 Å². The number of rotatable bonds is 32. The van der Waals surface area contributed by atoms with Crippen molar-refractivity contribution in [1.29, 1.82) is 0 Å². The smallest absolute Gasteiger partial charge is 0.0417 e. The predicted molar refractivity (Wildman–Crippen MR) is 168 cm³/mol. The molecule has 0 aliphatic carbocycles. The summed E-state index contributed by atoms with van der Waals surface area (Å²) in [6, 6.07) is 0. The molecule has 0 aliphatic heterocycles. The van der Waals surface area contributed by atoms with Gasteiger partial charge in [0.2, 0.25) is 0 Å². The minimum absolute atomic E-state index is 1.02. The third-order valence-corrected chi connectivity index (χ3v) is 8.76. The second-order valence-electron chi connectivity index (χ2n) is 12.4. The molecular formula is C36H74. The Bertz CT molecular complexity index is 359. The predicted octanol–water partition coefficient (Wildman–Crippen LogP) is 14.1. The summed E-state index contributed by atoms with van der Waals surface area (Å²) in [5, 5.41) is 0. The first-order chi connectivity index (χ1) is 17.8. The van der Waals surface area contributed by atoms with Crippen LogP contribution in [0.2, 0.25) is 0 Å². The van der Waals surface area contributed by atoms with Gasteiger partial charge in [-0.2, -0.15) is 0 Å². The van der Waals surface area contributed by atoms with Crippen LogP contribution in [0.1, 0.15) is 226 Å². The summed E-state index contributed by atoms with van der Waals surface area (Å²) in [4.78, 5) is 0. The highest BCUT2D eigenvalue weighted by Crippen LogP contribution is 2.22. The van der Waals surface area contributed by atoms with Crippen LogP contribution in [0.3, 0.4) is 0 Å². The molecule has 0 aromatic heterocycles. The largest absolute Gasteiger partial charge is 0.0654 e. The summed E-state index contributed by atoms with van der Waals surface area (Å²) in [7, 11) is 0. The third kappa shape index (κ3) is 30.2. The molecule has 36 heavy (non-hydrogen) atoms. The van der Waals surface area contributed by atoms with Gasteiger partial charge in [-0.15, -0.1) is 0 Å². The quantitative estimate of drug-likeness (QED) is 0.0795. The minimum Gasteiger partial charge on any atom is -0.0654 e. The summed E-state index contributed by atoms with van der Waals surface area (Å²) < 4.78 is 0. The van der Waals surface area contributed by atoms with Crippen LogP contribution >= 0.6 is 0 Å². The van der Waals surface area contributed by atoms with Crippen molar-refractivity contribution >= 4 is 0 Å². The third-order valence-electron chi connectivity index (χ3n) is 8.76. The Morgan fingerprint density at radius 3 is 0.639 bits per heavy atom. The van der Waals surface area contributed by atoms with Gasteiger partial charge in [-0.25, -0.2) is 0 Å². The number of unbranched alkanes of at least 4 members (excludes halogenated alkanes) is 27. The lowest BCUT2D eigenvalue weighted by molar-refractivity contribution is 0.392. The fourth-order valence-corrected chi connectivity index (χ4v) is 5.98. The van der Waals surface area contributed by atoms with Gasteiger partial charge in [-0.05, 0) is 5.92 Å². The molecule has 218 valence electrons. The standard InChI is InChI=1S/C36H74/c1-4-7-9-11-13-15-17-18-19-20-21-22-23-24-25-27-29-31-33-35-36(6-3)34-32-30-28-26-16-14-12-10-8-5-2/h36H,4-35H2,1-3H3. The van der Waals surface area contributed by atoms with Gasteiger partial charge >= 0.3 is 0 Å². The SMILES string of the molecule is CCCCCCCCCCCCCCCCCCCCCC(CC)CCCCCCCCCCCC. The molecule has 0 heterocycles. The normalized spacial score (nSPS) is 12.4. The van der Waals surface area contributed by atoms with Gasteiger partial charge in [-0.3, -0.25) is 0 Å². The molecule has 0 saturated heterocycles. The van der Waals surface area contributed by atoms with Crippen molar-refractivity contribution in [1.82, 2.24) is 0 Å². The molecule has 0 aromatic rings. The fourth-order valence-electron chi connectivity index (χ4n) is 5.98. The maximum absolute atomic E-state index is 2.43. The van der Waals surface area contributed by atoms with Crippen molar-refractivity contribution in [2.75, 3.05) is 0 Å². The Labute approximate surface area is 232 Å². The van der Waals surface area contributed by atoms with Crippen molar-refractivity contribution in [3.8, 4) is 0 Å². The molecular weight excluding hydrogens is 432 g/mol. The molecule has 1 unspecified atom stereocenters. The summed E-state index contributed by atoms with van der Waals surface area (Å²) in [5.41, 5.74) is 0. The van der Waals surface area contributed by atoms with Gasteiger partial charge in [0.15, 0.2) is 0 Å². The molecule has 0 aromatic carbocycles. The second-order valence-corrected chi connectivity index (χ2v) is 12.4. The molecule has 0 rings (SSSR count). The fraction of sp³-hybridized carbons (Fsp3) is 1.00. The van der Waals surface area contributed by atoms with E-state index in [0.717, 1.165) is 5.92 Å². The molecule has 0 saturated carbocycles. The first kappa shape index (κ1) is 36.0. The van der Waals surface area contributed by atoms with Crippen molar-refractivity contribution < 1.29 is 0 Å². The van der Waals surface area contributed by atoms with E-state index in [9.17, 15) is 0 Å². The molecule has 0 bridgehead atoms. The average molecular weight is 507 g/mol. The Kier molecular flexibility index (Phi) is 33.0. The highest BCUT2D eigenvalue weighted by atomic mass is 14.1. The molecule has 0 aliphatic rings. The highest BCUT2D eigenvalue weighted by Gasteiger charge is 2.06. The lowest BCUT2D eigenvalue weighted by Gasteiger charge is -2.14. The average Bonchev–Trinajstić information content (AvgIpc) is 2.89. The van der Waals surface area contributed by atoms with E-state index < -0.39 is 0 Å². The van der Waals surface area contributed by atoms with Gasteiger partial charge in [0.05, 0.1) is 0 Å². The molecule has 0 fully saturated rings. The van der Waals surface area contributed by atoms with E-state index in [1.165, 1.54) is 205 Å². The van der Waals surface area contributed by atoms with E-state index in [1.807, 2.05) is 0 Å². The Balaban J connectivity index is 3.23. The topological polar surface area (TPSA) is 0 Å². The zero-order valence-electron chi connectivity index (χ0n) is 26.2. The van der Waals surface area contributed by atoms with E-state index in [4.69, 9.17) is 0 Å². The maximum Gasteiger partial charge on any atom is -0.0417 e. The first-order valence-electron chi connectivity index (χ1n) is 17.8. The first-order valence-corrected chi connectivity index (χ1v) is 17.8. The molecule has 0 heteroatoms. The van der Waals surface area contributed by atoms with E-state index in [-0.39, 0.29) is 0 Å². The van der Waals surface area contributed by atoms with Gasteiger partial charge in [0, 0.05) is 0 Å². The maximum atomic E-state index is 2.43. The van der Waals surface area contributed by atoms with Crippen LogP contribution in [-0.2, 0) is 0 Å². The Hall–Kier alpha value is 0. The lowest BCUT2D eigenvalue weighted by Crippen LogP contribution is -1.99. The van der Waals surface area contributed by atoms with Gasteiger partial charge in [-0.1, -0.05) is 226 Å². The monoisotopic (exact) mass is 507 g/mol. The van der Waals surface area contributed by atoms with Crippen LogP contribution in [0.25, 0.3) is 0 Å². The van der Waals surface area contributed by atoms with Crippen molar-refractivity contribution in [2.24, 2.45) is 5.92 Å². The van der Waals surface area contributed by atoms with Crippen LogP contribution in [0, 0.1) is 5.92 Å². The minimum atomic E-state index is 1.02. The van der Waals surface area contributed by atoms with Gasteiger partial charge < -0.3 is 0 Å². The van der Waals surface area contributed by atoms with E-state index in [0.29, 0.717) is 0 Å². The van der Waals surface area contributed by atoms with Crippen molar-refractivity contribution in [3.05, 3.63) is 0 Å². The molecule has 0 nitrogen and oxygen atoms in total. The van der Waals surface area contributed by atoms with Crippen molar-refractivity contribution in [2.45, 2.75) is 226 Å². The van der Waals surface area contributed by atoms with Crippen LogP contribution in [0.4, 0.5) is 0 Å².